The summed E-state index contributed by atoms with van der Waals surface area (Å²) in [5, 5.41) is 13.8. The molecule has 0 bridgehead atoms. The van der Waals surface area contributed by atoms with E-state index < -0.39 is 0 Å². The summed E-state index contributed by atoms with van der Waals surface area (Å²) in [6.45, 7) is 1.70. The van der Waals surface area contributed by atoms with Gasteiger partial charge in [-0.25, -0.2) is 8.91 Å². The lowest BCUT2D eigenvalue weighted by Gasteiger charge is -2.26. The second-order valence-corrected chi connectivity index (χ2v) is 8.01. The summed E-state index contributed by atoms with van der Waals surface area (Å²) in [5.74, 6) is 0.222. The molecule has 7 nitrogen and oxygen atoms in total. The SMILES string of the molecule is O=C(CSc1nnc2c3cc(-c4ccc(F)cc4)nn3ccn12)N1CCCCC1. The third kappa shape index (κ3) is 3.46. The molecule has 3 aromatic heterocycles. The smallest absolute Gasteiger partial charge is 0.233 e. The number of aromatic nitrogens is 5. The number of hydrogen-bond acceptors (Lipinski definition) is 5. The summed E-state index contributed by atoms with van der Waals surface area (Å²) in [6, 6.07) is 8.14. The van der Waals surface area contributed by atoms with Crippen molar-refractivity contribution in [3.63, 3.8) is 0 Å². The van der Waals surface area contributed by atoms with Crippen LogP contribution in [0.25, 0.3) is 22.4 Å². The van der Waals surface area contributed by atoms with Gasteiger partial charge in [0.1, 0.15) is 11.3 Å². The highest BCUT2D eigenvalue weighted by Crippen LogP contribution is 2.24. The Morgan fingerprint density at radius 3 is 2.66 bits per heavy atom. The van der Waals surface area contributed by atoms with Gasteiger partial charge in [-0.2, -0.15) is 5.10 Å². The molecule has 0 N–H and O–H groups in total. The first-order valence-electron chi connectivity index (χ1n) is 9.59. The summed E-state index contributed by atoms with van der Waals surface area (Å²) in [6.07, 6.45) is 7.04. The van der Waals surface area contributed by atoms with Crippen LogP contribution in [0.15, 0.2) is 47.9 Å². The van der Waals surface area contributed by atoms with Crippen LogP contribution in [0, 0.1) is 5.82 Å². The maximum atomic E-state index is 13.2. The molecule has 4 heterocycles. The molecule has 29 heavy (non-hydrogen) atoms. The normalized spacial score (nSPS) is 14.7. The molecule has 0 spiro atoms. The lowest BCUT2D eigenvalue weighted by molar-refractivity contribution is -0.129. The van der Waals surface area contributed by atoms with Crippen molar-refractivity contribution in [1.29, 1.82) is 0 Å². The van der Waals surface area contributed by atoms with Gasteiger partial charge in [0.25, 0.3) is 0 Å². The largest absolute Gasteiger partial charge is 0.342 e. The highest BCUT2D eigenvalue weighted by atomic mass is 32.2. The molecule has 1 aromatic carbocycles. The van der Waals surface area contributed by atoms with Gasteiger partial charge < -0.3 is 4.90 Å². The van der Waals surface area contributed by atoms with Crippen molar-refractivity contribution in [3.8, 4) is 11.3 Å². The standard InChI is InChI=1S/C20H19FN6OS/c21-15-6-4-14(5-7-15)16-12-17-19-22-23-20(26(19)10-11-27(17)24-16)29-13-18(28)25-8-2-1-3-9-25/h4-7,10-12H,1-3,8-9,13H2. The van der Waals surface area contributed by atoms with Gasteiger partial charge in [-0.3, -0.25) is 9.20 Å². The zero-order valence-corrected chi connectivity index (χ0v) is 16.5. The molecular formula is C20H19FN6OS. The van der Waals surface area contributed by atoms with E-state index in [1.165, 1.54) is 30.3 Å². The minimum Gasteiger partial charge on any atom is -0.342 e. The highest BCUT2D eigenvalue weighted by Gasteiger charge is 2.18. The number of thioether (sulfide) groups is 1. The first-order valence-corrected chi connectivity index (χ1v) is 10.6. The predicted molar refractivity (Wildman–Crippen MR) is 108 cm³/mol. The maximum absolute atomic E-state index is 13.2. The van der Waals surface area contributed by atoms with Crippen molar-refractivity contribution < 1.29 is 9.18 Å². The number of rotatable bonds is 4. The van der Waals surface area contributed by atoms with Gasteiger partial charge in [-0.15, -0.1) is 10.2 Å². The molecule has 0 atom stereocenters. The zero-order chi connectivity index (χ0) is 19.8. The van der Waals surface area contributed by atoms with Crippen molar-refractivity contribution in [3.05, 3.63) is 48.5 Å². The number of amides is 1. The van der Waals surface area contributed by atoms with Crippen LogP contribution in [0.1, 0.15) is 19.3 Å². The number of benzene rings is 1. The molecule has 5 rings (SSSR count). The van der Waals surface area contributed by atoms with Crippen LogP contribution in [0.2, 0.25) is 0 Å². The highest BCUT2D eigenvalue weighted by molar-refractivity contribution is 7.99. The molecule has 1 aliphatic heterocycles. The van der Waals surface area contributed by atoms with Gasteiger partial charge in [0.15, 0.2) is 10.8 Å². The summed E-state index contributed by atoms with van der Waals surface area (Å²) in [5.41, 5.74) is 3.03. The topological polar surface area (TPSA) is 67.8 Å². The fourth-order valence-electron chi connectivity index (χ4n) is 3.61. The van der Waals surface area contributed by atoms with Crippen molar-refractivity contribution >= 4 is 28.8 Å². The van der Waals surface area contributed by atoms with Gasteiger partial charge >= 0.3 is 0 Å². The van der Waals surface area contributed by atoms with Crippen LogP contribution in [-0.2, 0) is 4.79 Å². The van der Waals surface area contributed by atoms with Gasteiger partial charge in [0, 0.05) is 31.0 Å². The Morgan fingerprint density at radius 1 is 1.07 bits per heavy atom. The number of hydrogen-bond donors (Lipinski definition) is 0. The Kier molecular flexibility index (Phi) is 4.67. The third-order valence-electron chi connectivity index (χ3n) is 5.16. The molecule has 0 unspecified atom stereocenters. The Morgan fingerprint density at radius 2 is 1.86 bits per heavy atom. The Hall–Kier alpha value is -2.94. The molecule has 148 valence electrons. The maximum Gasteiger partial charge on any atom is 0.233 e. The summed E-state index contributed by atoms with van der Waals surface area (Å²) in [4.78, 5) is 14.4. The van der Waals surface area contributed by atoms with Crippen molar-refractivity contribution in [2.24, 2.45) is 0 Å². The van der Waals surface area contributed by atoms with E-state index in [-0.39, 0.29) is 11.7 Å². The van der Waals surface area contributed by atoms with Gasteiger partial charge in [-0.1, -0.05) is 11.8 Å². The first-order chi connectivity index (χ1) is 14.2. The number of likely N-dealkylation sites (tertiary alicyclic amines) is 1. The molecule has 1 aliphatic rings. The second-order valence-electron chi connectivity index (χ2n) is 7.07. The number of halogens is 1. The average Bonchev–Trinajstić information content (AvgIpc) is 3.37. The van der Waals surface area contributed by atoms with Gasteiger partial charge in [-0.05, 0) is 49.6 Å². The van der Waals surface area contributed by atoms with Crippen LogP contribution in [0.4, 0.5) is 4.39 Å². The first kappa shape index (κ1) is 18.1. The molecule has 0 saturated carbocycles. The predicted octanol–water partition coefficient (Wildman–Crippen LogP) is 3.29. The van der Waals surface area contributed by atoms with E-state index in [4.69, 9.17) is 0 Å². The molecule has 9 heteroatoms. The lowest BCUT2D eigenvalue weighted by Crippen LogP contribution is -2.36. The fraction of sp³-hybridized carbons (Fsp3) is 0.300. The molecule has 4 aromatic rings. The molecule has 1 fully saturated rings. The molecule has 1 saturated heterocycles. The van der Waals surface area contributed by atoms with Crippen LogP contribution < -0.4 is 0 Å². The van der Waals surface area contributed by atoms with Gasteiger partial charge in [0.05, 0.1) is 11.4 Å². The van der Waals surface area contributed by atoms with E-state index >= 15 is 0 Å². The van der Waals surface area contributed by atoms with E-state index in [0.29, 0.717) is 16.6 Å². The van der Waals surface area contributed by atoms with Crippen LogP contribution in [-0.4, -0.2) is 53.9 Å². The van der Waals surface area contributed by atoms with Crippen LogP contribution in [0.5, 0.6) is 0 Å². The van der Waals surface area contributed by atoms with Gasteiger partial charge in [0.2, 0.25) is 5.91 Å². The lowest BCUT2D eigenvalue weighted by atomic mass is 10.1. The molecule has 0 radical (unpaired) electrons. The van der Waals surface area contributed by atoms with E-state index in [9.17, 15) is 9.18 Å². The van der Waals surface area contributed by atoms with Crippen LogP contribution in [0.3, 0.4) is 0 Å². The molecule has 0 aliphatic carbocycles. The average molecular weight is 410 g/mol. The summed E-state index contributed by atoms with van der Waals surface area (Å²) < 4.78 is 16.8. The fourth-order valence-corrected chi connectivity index (χ4v) is 4.43. The van der Waals surface area contributed by atoms with Crippen molar-refractivity contribution in [2.45, 2.75) is 24.4 Å². The second kappa shape index (κ2) is 7.47. The zero-order valence-electron chi connectivity index (χ0n) is 15.7. The third-order valence-corrected chi connectivity index (χ3v) is 6.09. The quantitative estimate of drug-likeness (QED) is 0.483. The monoisotopic (exact) mass is 410 g/mol. The van der Waals surface area contributed by atoms with E-state index in [1.54, 1.807) is 16.6 Å². The number of carbonyl (C=O) groups excluding carboxylic acids is 1. The Balaban J connectivity index is 1.41. The Bertz CT molecular complexity index is 1180. The Labute approximate surface area is 170 Å². The van der Waals surface area contributed by atoms with E-state index in [1.807, 2.05) is 27.8 Å². The molecular weight excluding hydrogens is 391 g/mol. The van der Waals surface area contributed by atoms with Crippen molar-refractivity contribution in [2.75, 3.05) is 18.8 Å². The van der Waals surface area contributed by atoms with Crippen LogP contribution >= 0.6 is 11.8 Å². The van der Waals surface area contributed by atoms with E-state index in [2.05, 4.69) is 15.3 Å². The number of fused-ring (bicyclic) bond motifs is 3. The minimum absolute atomic E-state index is 0.149. The van der Waals surface area contributed by atoms with Crippen molar-refractivity contribution in [1.82, 2.24) is 29.1 Å². The number of nitrogens with zero attached hydrogens (tertiary/aromatic N) is 6. The summed E-state index contributed by atoms with van der Waals surface area (Å²) in [7, 11) is 0. The number of piperidine rings is 1. The summed E-state index contributed by atoms with van der Waals surface area (Å²) >= 11 is 1.40. The minimum atomic E-state index is -0.280. The van der Waals surface area contributed by atoms with E-state index in [0.717, 1.165) is 42.7 Å². The molecule has 1 amide bonds. The number of carbonyl (C=O) groups is 1.